The SMILES string of the molecule is Cn1nc(Cc2ccc(F)c(-c3ncnc4cc(N5CCOCC5)ccc34)c2F)ccc1=O. The molecule has 0 amide bonds. The molecule has 4 aromatic rings. The van der Waals surface area contributed by atoms with Gasteiger partial charge in [0.2, 0.25) is 0 Å². The van der Waals surface area contributed by atoms with Gasteiger partial charge in [-0.1, -0.05) is 6.07 Å². The highest BCUT2D eigenvalue weighted by atomic mass is 19.1. The molecular formula is C24H21F2N5O2. The fourth-order valence-corrected chi connectivity index (χ4v) is 4.05. The summed E-state index contributed by atoms with van der Waals surface area (Å²) in [6.45, 7) is 2.85. The molecule has 1 fully saturated rings. The van der Waals surface area contributed by atoms with Crippen molar-refractivity contribution in [3.05, 3.63) is 82.0 Å². The second-order valence-corrected chi connectivity index (χ2v) is 7.88. The van der Waals surface area contributed by atoms with Gasteiger partial charge >= 0.3 is 0 Å². The molecule has 33 heavy (non-hydrogen) atoms. The van der Waals surface area contributed by atoms with Gasteiger partial charge in [-0.3, -0.25) is 4.79 Å². The number of aryl methyl sites for hydroxylation is 1. The number of ether oxygens (including phenoxy) is 1. The maximum absolute atomic E-state index is 15.6. The van der Waals surface area contributed by atoms with E-state index < -0.39 is 11.6 Å². The molecule has 0 unspecified atom stereocenters. The van der Waals surface area contributed by atoms with E-state index in [4.69, 9.17) is 4.74 Å². The van der Waals surface area contributed by atoms with E-state index >= 15 is 4.39 Å². The molecule has 2 aromatic heterocycles. The fraction of sp³-hybridized carbons (Fsp3) is 0.250. The summed E-state index contributed by atoms with van der Waals surface area (Å²) in [6, 6.07) is 11.1. The number of rotatable bonds is 4. The Morgan fingerprint density at radius 2 is 1.85 bits per heavy atom. The molecule has 0 spiro atoms. The lowest BCUT2D eigenvalue weighted by molar-refractivity contribution is 0.122. The number of anilines is 1. The lowest BCUT2D eigenvalue weighted by Crippen LogP contribution is -2.36. The average Bonchev–Trinajstić information content (AvgIpc) is 2.83. The molecule has 7 nitrogen and oxygen atoms in total. The largest absolute Gasteiger partial charge is 0.378 e. The summed E-state index contributed by atoms with van der Waals surface area (Å²) in [5.74, 6) is -1.41. The van der Waals surface area contributed by atoms with Gasteiger partial charge in [0.15, 0.2) is 0 Å². The van der Waals surface area contributed by atoms with Crippen LogP contribution in [0.4, 0.5) is 14.5 Å². The number of hydrogen-bond acceptors (Lipinski definition) is 6. The van der Waals surface area contributed by atoms with E-state index in [1.807, 2.05) is 12.1 Å². The second kappa shape index (κ2) is 8.67. The van der Waals surface area contributed by atoms with Crippen molar-refractivity contribution in [1.29, 1.82) is 0 Å². The van der Waals surface area contributed by atoms with Gasteiger partial charge in [-0.25, -0.2) is 23.4 Å². The summed E-state index contributed by atoms with van der Waals surface area (Å²) in [6.07, 6.45) is 1.43. The van der Waals surface area contributed by atoms with Crippen LogP contribution in [0.15, 0.2) is 53.6 Å². The van der Waals surface area contributed by atoms with E-state index in [1.165, 1.54) is 42.3 Å². The van der Waals surface area contributed by atoms with E-state index in [0.717, 1.165) is 18.8 Å². The minimum absolute atomic E-state index is 0.109. The van der Waals surface area contributed by atoms with Crippen LogP contribution in [-0.4, -0.2) is 46.1 Å². The highest BCUT2D eigenvalue weighted by Crippen LogP contribution is 2.33. The fourth-order valence-electron chi connectivity index (χ4n) is 4.05. The van der Waals surface area contributed by atoms with Gasteiger partial charge in [0.1, 0.15) is 18.0 Å². The van der Waals surface area contributed by atoms with E-state index in [1.54, 1.807) is 6.07 Å². The predicted octanol–water partition coefficient (Wildman–Crippen LogP) is 3.10. The van der Waals surface area contributed by atoms with Crippen LogP contribution in [-0.2, 0) is 18.2 Å². The first-order chi connectivity index (χ1) is 16.0. The Morgan fingerprint density at radius 1 is 1.03 bits per heavy atom. The summed E-state index contributed by atoms with van der Waals surface area (Å²) in [4.78, 5) is 22.3. The van der Waals surface area contributed by atoms with Crippen LogP contribution < -0.4 is 10.5 Å². The molecule has 9 heteroatoms. The minimum atomic E-state index is -0.707. The quantitative estimate of drug-likeness (QED) is 0.477. The Bertz CT molecular complexity index is 1400. The van der Waals surface area contributed by atoms with E-state index in [0.29, 0.717) is 29.8 Å². The lowest BCUT2D eigenvalue weighted by Gasteiger charge is -2.29. The smallest absolute Gasteiger partial charge is 0.266 e. The number of hydrogen-bond donors (Lipinski definition) is 0. The van der Waals surface area contributed by atoms with Gasteiger partial charge in [0.05, 0.1) is 35.7 Å². The molecule has 0 aliphatic carbocycles. The Labute approximate surface area is 188 Å². The van der Waals surface area contributed by atoms with Crippen LogP contribution in [0.1, 0.15) is 11.3 Å². The van der Waals surface area contributed by atoms with Crippen molar-refractivity contribution in [1.82, 2.24) is 19.7 Å². The van der Waals surface area contributed by atoms with Crippen molar-refractivity contribution >= 4 is 16.6 Å². The van der Waals surface area contributed by atoms with Gasteiger partial charge in [0, 0.05) is 43.7 Å². The standard InChI is InChI=1S/C24H21F2N5O2/c1-30-21(32)7-3-16(29-30)12-15-2-6-19(25)22(23(15)26)24-18-5-4-17(13-20(18)27-14-28-24)31-8-10-33-11-9-31/h2-7,13-14H,8-12H2,1H3. The first-order valence-electron chi connectivity index (χ1n) is 10.6. The highest BCUT2D eigenvalue weighted by Gasteiger charge is 2.20. The summed E-state index contributed by atoms with van der Waals surface area (Å²) in [5.41, 5.74) is 2.06. The number of benzene rings is 2. The zero-order valence-electron chi connectivity index (χ0n) is 18.0. The first kappa shape index (κ1) is 21.1. The molecule has 0 saturated carbocycles. The van der Waals surface area contributed by atoms with Gasteiger partial charge in [0.25, 0.3) is 5.56 Å². The molecule has 0 atom stereocenters. The first-order valence-corrected chi connectivity index (χ1v) is 10.6. The van der Waals surface area contributed by atoms with E-state index in [9.17, 15) is 9.18 Å². The molecule has 1 saturated heterocycles. The summed E-state index contributed by atoms with van der Waals surface area (Å²) >= 11 is 0. The Hall–Kier alpha value is -3.72. The number of halogens is 2. The number of nitrogens with zero attached hydrogens (tertiary/aromatic N) is 5. The summed E-state index contributed by atoms with van der Waals surface area (Å²) < 4.78 is 37.0. The van der Waals surface area contributed by atoms with Crippen LogP contribution >= 0.6 is 0 Å². The van der Waals surface area contributed by atoms with Crippen LogP contribution in [0.2, 0.25) is 0 Å². The molecule has 168 valence electrons. The topological polar surface area (TPSA) is 73.1 Å². The molecule has 3 heterocycles. The van der Waals surface area contributed by atoms with Crippen molar-refractivity contribution in [2.45, 2.75) is 6.42 Å². The van der Waals surface area contributed by atoms with Crippen LogP contribution in [0.5, 0.6) is 0 Å². The molecular weight excluding hydrogens is 428 g/mol. The third-order valence-corrected chi connectivity index (χ3v) is 5.79. The monoisotopic (exact) mass is 449 g/mol. The molecule has 0 N–H and O–H groups in total. The molecule has 2 aromatic carbocycles. The molecule has 5 rings (SSSR count). The summed E-state index contributed by atoms with van der Waals surface area (Å²) in [7, 11) is 1.52. The van der Waals surface area contributed by atoms with Gasteiger partial charge in [-0.2, -0.15) is 5.10 Å². The van der Waals surface area contributed by atoms with Crippen molar-refractivity contribution in [3.8, 4) is 11.3 Å². The van der Waals surface area contributed by atoms with Gasteiger partial charge < -0.3 is 9.64 Å². The van der Waals surface area contributed by atoms with Crippen LogP contribution in [0.25, 0.3) is 22.2 Å². The predicted molar refractivity (Wildman–Crippen MR) is 120 cm³/mol. The zero-order chi connectivity index (χ0) is 22.9. The Balaban J connectivity index is 1.56. The Kier molecular flexibility index (Phi) is 5.55. The van der Waals surface area contributed by atoms with Crippen molar-refractivity contribution in [2.75, 3.05) is 31.2 Å². The summed E-state index contributed by atoms with van der Waals surface area (Å²) in [5, 5.41) is 4.70. The van der Waals surface area contributed by atoms with E-state index in [2.05, 4.69) is 20.0 Å². The van der Waals surface area contributed by atoms with Gasteiger partial charge in [-0.15, -0.1) is 0 Å². The average molecular weight is 449 g/mol. The third kappa shape index (κ3) is 4.07. The maximum Gasteiger partial charge on any atom is 0.266 e. The minimum Gasteiger partial charge on any atom is -0.378 e. The zero-order valence-corrected chi connectivity index (χ0v) is 18.0. The third-order valence-electron chi connectivity index (χ3n) is 5.79. The van der Waals surface area contributed by atoms with Crippen LogP contribution in [0, 0.1) is 11.6 Å². The lowest BCUT2D eigenvalue weighted by atomic mass is 9.99. The van der Waals surface area contributed by atoms with Crippen LogP contribution in [0.3, 0.4) is 0 Å². The number of fused-ring (bicyclic) bond motifs is 1. The second-order valence-electron chi connectivity index (χ2n) is 7.88. The van der Waals surface area contributed by atoms with Crippen molar-refractivity contribution < 1.29 is 13.5 Å². The number of morpholine rings is 1. The van der Waals surface area contributed by atoms with Crippen molar-refractivity contribution in [2.24, 2.45) is 7.05 Å². The maximum atomic E-state index is 15.6. The molecule has 1 aliphatic heterocycles. The Morgan fingerprint density at radius 3 is 2.64 bits per heavy atom. The van der Waals surface area contributed by atoms with Gasteiger partial charge in [-0.05, 0) is 35.9 Å². The number of aromatic nitrogens is 4. The highest BCUT2D eigenvalue weighted by molar-refractivity contribution is 5.94. The van der Waals surface area contributed by atoms with E-state index in [-0.39, 0.29) is 28.8 Å². The molecule has 1 aliphatic rings. The van der Waals surface area contributed by atoms with Crippen molar-refractivity contribution in [3.63, 3.8) is 0 Å². The molecule has 0 bridgehead atoms. The normalized spacial score (nSPS) is 14.1. The molecule has 0 radical (unpaired) electrons.